The van der Waals surface area contributed by atoms with Gasteiger partial charge in [-0.25, -0.2) is 4.79 Å². The first-order valence-electron chi connectivity index (χ1n) is 5.89. The summed E-state index contributed by atoms with van der Waals surface area (Å²) in [4.78, 5) is 10.2. The molecule has 0 amide bonds. The number of carboxylic acids is 1. The lowest BCUT2D eigenvalue weighted by Gasteiger charge is -1.97. The van der Waals surface area contributed by atoms with Crippen molar-refractivity contribution >= 4 is 12.0 Å². The minimum absolute atomic E-state index is 0.0194. The molecule has 0 aliphatic heterocycles. The summed E-state index contributed by atoms with van der Waals surface area (Å²) in [6, 6.07) is 6.01. The number of phenols is 1. The van der Waals surface area contributed by atoms with Crippen molar-refractivity contribution in [2.24, 2.45) is 0 Å². The van der Waals surface area contributed by atoms with Crippen molar-refractivity contribution in [3.63, 3.8) is 0 Å². The van der Waals surface area contributed by atoms with Crippen LogP contribution in [0.2, 0.25) is 0 Å². The van der Waals surface area contributed by atoms with Crippen LogP contribution in [0.5, 0.6) is 5.75 Å². The summed E-state index contributed by atoms with van der Waals surface area (Å²) in [7, 11) is 0. The van der Waals surface area contributed by atoms with Gasteiger partial charge < -0.3 is 15.5 Å². The molecular weight excluding hydrogens is 244 g/mol. The molecule has 19 heavy (non-hydrogen) atoms. The van der Waals surface area contributed by atoms with Gasteiger partial charge in [-0.1, -0.05) is 13.8 Å². The maximum absolute atomic E-state index is 10.2. The monoisotopic (exact) mass is 262 g/mol. The molecule has 0 unspecified atom stereocenters. The van der Waals surface area contributed by atoms with Crippen LogP contribution in [0.1, 0.15) is 25.0 Å². The van der Waals surface area contributed by atoms with Crippen molar-refractivity contribution in [3.05, 3.63) is 35.4 Å². The lowest BCUT2D eigenvalue weighted by atomic mass is 10.1. The summed E-state index contributed by atoms with van der Waals surface area (Å²) in [5.41, 5.74) is 0.704. The number of benzene rings is 1. The Morgan fingerprint density at radius 1 is 1.42 bits per heavy atom. The number of hydrogen-bond acceptors (Lipinski definition) is 4. The molecular formula is C14H18N2O3. The molecule has 5 nitrogen and oxygen atoms in total. The van der Waals surface area contributed by atoms with Crippen molar-refractivity contribution in [2.45, 2.75) is 13.8 Å². The zero-order valence-corrected chi connectivity index (χ0v) is 11.1. The summed E-state index contributed by atoms with van der Waals surface area (Å²) < 4.78 is 0. The highest BCUT2D eigenvalue weighted by atomic mass is 16.4. The average molecular weight is 262 g/mol. The van der Waals surface area contributed by atoms with Crippen LogP contribution < -0.4 is 5.32 Å². The van der Waals surface area contributed by atoms with Gasteiger partial charge in [0.25, 0.3) is 0 Å². The molecule has 0 heterocycles. The van der Waals surface area contributed by atoms with Gasteiger partial charge in [-0.05, 0) is 42.9 Å². The van der Waals surface area contributed by atoms with Crippen LogP contribution in [-0.2, 0) is 4.79 Å². The molecule has 1 aromatic rings. The minimum Gasteiger partial charge on any atom is -0.508 e. The number of phenolic OH excluding ortho intramolecular Hbond substituents is 1. The topological polar surface area (TPSA) is 93.4 Å². The first-order chi connectivity index (χ1) is 9.04. The largest absolute Gasteiger partial charge is 0.508 e. The van der Waals surface area contributed by atoms with Crippen LogP contribution in [0.4, 0.5) is 0 Å². The van der Waals surface area contributed by atoms with E-state index in [0.717, 1.165) is 19.2 Å². The Kier molecular flexibility index (Phi) is 8.50. The molecule has 0 aliphatic rings. The van der Waals surface area contributed by atoms with Gasteiger partial charge in [0.1, 0.15) is 5.75 Å². The number of rotatable bonds is 4. The molecule has 1 aromatic carbocycles. The van der Waals surface area contributed by atoms with E-state index in [1.165, 1.54) is 24.3 Å². The van der Waals surface area contributed by atoms with E-state index in [4.69, 9.17) is 15.5 Å². The van der Waals surface area contributed by atoms with E-state index in [1.54, 1.807) is 0 Å². The molecule has 0 atom stereocenters. The maximum atomic E-state index is 10.2. The average Bonchev–Trinajstić information content (AvgIpc) is 2.38. The van der Waals surface area contributed by atoms with Gasteiger partial charge in [-0.3, -0.25) is 0 Å². The van der Waals surface area contributed by atoms with Crippen LogP contribution >= 0.6 is 0 Å². The molecule has 102 valence electrons. The predicted molar refractivity (Wildman–Crippen MR) is 73.7 cm³/mol. The fourth-order valence-electron chi connectivity index (χ4n) is 1.20. The van der Waals surface area contributed by atoms with E-state index < -0.39 is 5.97 Å². The Balaban J connectivity index is 0.000000555. The summed E-state index contributed by atoms with van der Waals surface area (Å²) in [5.74, 6) is -1.10. The quantitative estimate of drug-likeness (QED) is 0.721. The van der Waals surface area contributed by atoms with Gasteiger partial charge in [0.2, 0.25) is 0 Å². The molecule has 0 aliphatic carbocycles. The summed E-state index contributed by atoms with van der Waals surface area (Å²) >= 11 is 0. The number of hydrogen-bond donors (Lipinski definition) is 3. The molecule has 0 aromatic heterocycles. The van der Waals surface area contributed by atoms with Crippen molar-refractivity contribution in [1.29, 1.82) is 5.26 Å². The van der Waals surface area contributed by atoms with E-state index in [9.17, 15) is 4.79 Å². The van der Waals surface area contributed by atoms with E-state index in [1.807, 2.05) is 6.07 Å². The Bertz CT molecular complexity index is 474. The van der Waals surface area contributed by atoms with Crippen molar-refractivity contribution < 1.29 is 15.0 Å². The van der Waals surface area contributed by atoms with Gasteiger partial charge >= 0.3 is 5.97 Å². The second-order valence-corrected chi connectivity index (χ2v) is 3.51. The fraction of sp³-hybridized carbons (Fsp3) is 0.286. The fourth-order valence-corrected chi connectivity index (χ4v) is 1.20. The molecule has 0 fully saturated rings. The zero-order chi connectivity index (χ0) is 14.7. The van der Waals surface area contributed by atoms with E-state index in [0.29, 0.717) is 5.56 Å². The third-order valence-corrected chi connectivity index (χ3v) is 2.06. The Morgan fingerprint density at radius 2 is 2.05 bits per heavy atom. The van der Waals surface area contributed by atoms with Crippen LogP contribution in [0.3, 0.4) is 0 Å². The van der Waals surface area contributed by atoms with Gasteiger partial charge in [-0.2, -0.15) is 5.26 Å². The molecule has 0 saturated carbocycles. The lowest BCUT2D eigenvalue weighted by molar-refractivity contribution is -0.131. The third-order valence-electron chi connectivity index (χ3n) is 2.06. The summed E-state index contributed by atoms with van der Waals surface area (Å²) in [5, 5.41) is 29.2. The van der Waals surface area contributed by atoms with Crippen molar-refractivity contribution in [2.75, 3.05) is 13.1 Å². The van der Waals surface area contributed by atoms with Gasteiger partial charge in [0.05, 0.1) is 11.6 Å². The Morgan fingerprint density at radius 3 is 2.47 bits per heavy atom. The van der Waals surface area contributed by atoms with Gasteiger partial charge in [-0.15, -0.1) is 0 Å². The number of nitrogens with zero attached hydrogens (tertiary/aromatic N) is 1. The Labute approximate surface area is 112 Å². The van der Waals surface area contributed by atoms with Gasteiger partial charge in [0.15, 0.2) is 0 Å². The normalized spacial score (nSPS) is 9.53. The molecule has 0 spiro atoms. The summed E-state index contributed by atoms with van der Waals surface area (Å²) in [6.07, 6.45) is 2.24. The van der Waals surface area contributed by atoms with Crippen molar-refractivity contribution in [3.8, 4) is 11.8 Å². The van der Waals surface area contributed by atoms with Crippen LogP contribution in [0, 0.1) is 11.3 Å². The van der Waals surface area contributed by atoms with Crippen molar-refractivity contribution in [1.82, 2.24) is 5.32 Å². The van der Waals surface area contributed by atoms with Gasteiger partial charge in [0, 0.05) is 6.08 Å². The van der Waals surface area contributed by atoms with Crippen LogP contribution in [0.15, 0.2) is 24.3 Å². The van der Waals surface area contributed by atoms with E-state index in [-0.39, 0.29) is 11.3 Å². The highest BCUT2D eigenvalue weighted by molar-refractivity contribution is 5.85. The highest BCUT2D eigenvalue weighted by Gasteiger charge is 2.00. The summed E-state index contributed by atoms with van der Waals surface area (Å²) in [6.45, 7) is 6.39. The maximum Gasteiger partial charge on any atom is 0.328 e. The molecule has 1 rings (SSSR count). The minimum atomic E-state index is -1.08. The number of aromatic hydroxyl groups is 1. The highest BCUT2D eigenvalue weighted by Crippen LogP contribution is 2.16. The first-order valence-corrected chi connectivity index (χ1v) is 5.89. The number of carbonyl (C=O) groups is 1. The Hall–Kier alpha value is -2.32. The lowest BCUT2D eigenvalue weighted by Crippen LogP contribution is -2.09. The standard InChI is InChI=1S/C10H7NO3.C4H11N/c11-6-8-5-9(12)3-1-7(8)2-4-10(13)14;1-3-5-4-2/h1-5,12H,(H,13,14);5H,3-4H2,1-2H3/b4-2+;. The SMILES string of the molecule is CCNCC.N#Cc1cc(O)ccc1/C=C/C(=O)O. The molecule has 5 heteroatoms. The van der Waals surface area contributed by atoms with Crippen LogP contribution in [0.25, 0.3) is 6.08 Å². The van der Waals surface area contributed by atoms with E-state index >= 15 is 0 Å². The number of aliphatic carboxylic acids is 1. The van der Waals surface area contributed by atoms with Crippen LogP contribution in [-0.4, -0.2) is 29.3 Å². The predicted octanol–water partition coefficient (Wildman–Crippen LogP) is 1.98. The first kappa shape index (κ1) is 16.7. The smallest absolute Gasteiger partial charge is 0.328 e. The second kappa shape index (κ2) is 9.68. The number of nitriles is 1. The molecule has 0 saturated heterocycles. The zero-order valence-electron chi connectivity index (χ0n) is 11.1. The molecule has 0 bridgehead atoms. The number of carboxylic acid groups (broad SMARTS) is 1. The molecule has 3 N–H and O–H groups in total. The third kappa shape index (κ3) is 7.58. The van der Waals surface area contributed by atoms with E-state index in [2.05, 4.69) is 19.2 Å². The number of nitrogens with one attached hydrogen (secondary N) is 1. The molecule has 0 radical (unpaired) electrons. The second-order valence-electron chi connectivity index (χ2n) is 3.51.